The maximum atomic E-state index is 6.03. The van der Waals surface area contributed by atoms with E-state index in [0.717, 1.165) is 47.8 Å². The summed E-state index contributed by atoms with van der Waals surface area (Å²) >= 11 is 6.03. The van der Waals surface area contributed by atoms with E-state index in [9.17, 15) is 0 Å². The Bertz CT molecular complexity index is 748. The van der Waals surface area contributed by atoms with E-state index in [1.807, 2.05) is 47.1 Å². The SMILES string of the molecule is CCCCc1nnn(Cc2ccccc2)c1-c1ccc(Cl)cc1. The van der Waals surface area contributed by atoms with Crippen molar-refractivity contribution < 1.29 is 0 Å². The summed E-state index contributed by atoms with van der Waals surface area (Å²) in [4.78, 5) is 0. The summed E-state index contributed by atoms with van der Waals surface area (Å²) in [6.07, 6.45) is 3.21. The fraction of sp³-hybridized carbons (Fsp3) is 0.263. The highest BCUT2D eigenvalue weighted by atomic mass is 35.5. The van der Waals surface area contributed by atoms with Crippen LogP contribution in [0.5, 0.6) is 0 Å². The first-order valence-electron chi connectivity index (χ1n) is 8.00. The van der Waals surface area contributed by atoms with Crippen LogP contribution in [-0.2, 0) is 13.0 Å². The Labute approximate surface area is 141 Å². The molecule has 23 heavy (non-hydrogen) atoms. The first kappa shape index (κ1) is 15.8. The zero-order chi connectivity index (χ0) is 16.1. The van der Waals surface area contributed by atoms with Crippen LogP contribution in [0.15, 0.2) is 54.6 Å². The largest absolute Gasteiger partial charge is 0.240 e. The molecule has 0 atom stereocenters. The average molecular weight is 326 g/mol. The molecule has 0 N–H and O–H groups in total. The summed E-state index contributed by atoms with van der Waals surface area (Å²) in [6.45, 7) is 2.91. The van der Waals surface area contributed by atoms with E-state index in [1.165, 1.54) is 5.56 Å². The fourth-order valence-corrected chi connectivity index (χ4v) is 2.78. The Balaban J connectivity index is 1.98. The first-order valence-corrected chi connectivity index (χ1v) is 8.38. The molecule has 0 bridgehead atoms. The van der Waals surface area contributed by atoms with E-state index in [-0.39, 0.29) is 0 Å². The van der Waals surface area contributed by atoms with Gasteiger partial charge < -0.3 is 0 Å². The molecule has 0 aliphatic carbocycles. The van der Waals surface area contributed by atoms with E-state index in [2.05, 4.69) is 29.4 Å². The van der Waals surface area contributed by atoms with E-state index in [4.69, 9.17) is 11.6 Å². The summed E-state index contributed by atoms with van der Waals surface area (Å²) in [5, 5.41) is 9.57. The third kappa shape index (κ3) is 3.80. The maximum absolute atomic E-state index is 6.03. The molecule has 0 saturated heterocycles. The fourth-order valence-electron chi connectivity index (χ4n) is 2.65. The van der Waals surface area contributed by atoms with Gasteiger partial charge in [0.2, 0.25) is 0 Å². The molecular weight excluding hydrogens is 306 g/mol. The smallest absolute Gasteiger partial charge is 0.0921 e. The number of benzene rings is 2. The van der Waals surface area contributed by atoms with E-state index in [1.54, 1.807) is 0 Å². The highest BCUT2D eigenvalue weighted by molar-refractivity contribution is 6.30. The van der Waals surface area contributed by atoms with Crippen molar-refractivity contribution in [3.63, 3.8) is 0 Å². The van der Waals surface area contributed by atoms with Crippen LogP contribution in [0.3, 0.4) is 0 Å². The molecule has 0 unspecified atom stereocenters. The van der Waals surface area contributed by atoms with Gasteiger partial charge in [0.05, 0.1) is 17.9 Å². The summed E-state index contributed by atoms with van der Waals surface area (Å²) in [6, 6.07) is 18.3. The van der Waals surface area contributed by atoms with Crippen molar-refractivity contribution >= 4 is 11.6 Å². The second-order valence-electron chi connectivity index (χ2n) is 5.64. The van der Waals surface area contributed by atoms with Gasteiger partial charge in [0.25, 0.3) is 0 Å². The Morgan fingerprint density at radius 2 is 1.74 bits per heavy atom. The number of halogens is 1. The Morgan fingerprint density at radius 3 is 2.43 bits per heavy atom. The minimum Gasteiger partial charge on any atom is -0.240 e. The highest BCUT2D eigenvalue weighted by Gasteiger charge is 2.15. The predicted molar refractivity (Wildman–Crippen MR) is 94.6 cm³/mol. The predicted octanol–water partition coefficient (Wildman–Crippen LogP) is 4.99. The van der Waals surface area contributed by atoms with Crippen LogP contribution in [-0.4, -0.2) is 15.0 Å². The molecule has 0 saturated carbocycles. The van der Waals surface area contributed by atoms with Crippen molar-refractivity contribution in [3.05, 3.63) is 70.9 Å². The molecule has 0 fully saturated rings. The van der Waals surface area contributed by atoms with Gasteiger partial charge in [0.15, 0.2) is 0 Å². The molecule has 0 spiro atoms. The van der Waals surface area contributed by atoms with Crippen LogP contribution < -0.4 is 0 Å². The average Bonchev–Trinajstić information content (AvgIpc) is 2.97. The first-order chi connectivity index (χ1) is 11.3. The number of rotatable bonds is 6. The lowest BCUT2D eigenvalue weighted by molar-refractivity contribution is 0.654. The molecule has 0 aliphatic rings. The standard InChI is InChI=1S/C19H20ClN3/c1-2-3-9-18-19(16-10-12-17(20)13-11-16)23(22-21-18)14-15-7-5-4-6-8-15/h4-8,10-13H,2-3,9,14H2,1H3. The Hall–Kier alpha value is -2.13. The van der Waals surface area contributed by atoms with Gasteiger partial charge in [-0.3, -0.25) is 0 Å². The molecule has 1 heterocycles. The van der Waals surface area contributed by atoms with Gasteiger partial charge in [0, 0.05) is 10.6 Å². The molecular formula is C19H20ClN3. The van der Waals surface area contributed by atoms with Gasteiger partial charge in [-0.25, -0.2) is 4.68 Å². The van der Waals surface area contributed by atoms with Crippen molar-refractivity contribution in [2.24, 2.45) is 0 Å². The van der Waals surface area contributed by atoms with Crippen LogP contribution in [0.2, 0.25) is 5.02 Å². The Kier molecular flexibility index (Phi) is 5.09. The zero-order valence-electron chi connectivity index (χ0n) is 13.2. The summed E-state index contributed by atoms with van der Waals surface area (Å²) in [5.74, 6) is 0. The van der Waals surface area contributed by atoms with Gasteiger partial charge >= 0.3 is 0 Å². The van der Waals surface area contributed by atoms with E-state index in [0.29, 0.717) is 0 Å². The van der Waals surface area contributed by atoms with Gasteiger partial charge in [0.1, 0.15) is 0 Å². The van der Waals surface area contributed by atoms with Gasteiger partial charge in [-0.1, -0.05) is 72.6 Å². The van der Waals surface area contributed by atoms with Crippen LogP contribution >= 0.6 is 11.6 Å². The maximum Gasteiger partial charge on any atom is 0.0921 e. The van der Waals surface area contributed by atoms with E-state index < -0.39 is 0 Å². The van der Waals surface area contributed by atoms with Crippen molar-refractivity contribution in [1.29, 1.82) is 0 Å². The van der Waals surface area contributed by atoms with Crippen molar-refractivity contribution in [3.8, 4) is 11.3 Å². The monoisotopic (exact) mass is 325 g/mol. The minimum atomic E-state index is 0.720. The quantitative estimate of drug-likeness (QED) is 0.639. The van der Waals surface area contributed by atoms with E-state index >= 15 is 0 Å². The number of aryl methyl sites for hydroxylation is 1. The number of hydrogen-bond donors (Lipinski definition) is 0. The van der Waals surface area contributed by atoms with Crippen molar-refractivity contribution in [2.45, 2.75) is 32.7 Å². The third-order valence-corrected chi connectivity index (χ3v) is 4.12. The summed E-state index contributed by atoms with van der Waals surface area (Å²) < 4.78 is 1.99. The third-order valence-electron chi connectivity index (χ3n) is 3.86. The number of unbranched alkanes of at least 4 members (excludes halogenated alkanes) is 1. The summed E-state index contributed by atoms with van der Waals surface area (Å²) in [5.41, 5.74) is 4.49. The number of hydrogen-bond acceptors (Lipinski definition) is 2. The van der Waals surface area contributed by atoms with Crippen LogP contribution in [0.4, 0.5) is 0 Å². The Morgan fingerprint density at radius 1 is 1.00 bits per heavy atom. The highest BCUT2D eigenvalue weighted by Crippen LogP contribution is 2.26. The second-order valence-corrected chi connectivity index (χ2v) is 6.07. The molecule has 3 aromatic rings. The van der Waals surface area contributed by atoms with Crippen LogP contribution in [0.1, 0.15) is 31.0 Å². The van der Waals surface area contributed by atoms with Crippen molar-refractivity contribution in [1.82, 2.24) is 15.0 Å². The normalized spacial score (nSPS) is 10.9. The van der Waals surface area contributed by atoms with Gasteiger partial charge in [-0.2, -0.15) is 0 Å². The number of nitrogens with zero attached hydrogens (tertiary/aromatic N) is 3. The lowest BCUT2D eigenvalue weighted by atomic mass is 10.1. The molecule has 3 nitrogen and oxygen atoms in total. The molecule has 3 rings (SSSR count). The molecule has 118 valence electrons. The van der Waals surface area contributed by atoms with Crippen LogP contribution in [0, 0.1) is 0 Å². The lowest BCUT2D eigenvalue weighted by Crippen LogP contribution is -2.04. The summed E-state index contributed by atoms with van der Waals surface area (Å²) in [7, 11) is 0. The second kappa shape index (κ2) is 7.42. The molecule has 0 radical (unpaired) electrons. The van der Waals surface area contributed by atoms with Gasteiger partial charge in [-0.15, -0.1) is 5.10 Å². The molecule has 0 aliphatic heterocycles. The van der Waals surface area contributed by atoms with Crippen LogP contribution in [0.25, 0.3) is 11.3 Å². The zero-order valence-corrected chi connectivity index (χ0v) is 14.0. The number of aromatic nitrogens is 3. The molecule has 0 amide bonds. The minimum absolute atomic E-state index is 0.720. The molecule has 4 heteroatoms. The molecule has 2 aromatic carbocycles. The lowest BCUT2D eigenvalue weighted by Gasteiger charge is -2.09. The van der Waals surface area contributed by atoms with Gasteiger partial charge in [-0.05, 0) is 30.5 Å². The van der Waals surface area contributed by atoms with Crippen molar-refractivity contribution in [2.75, 3.05) is 0 Å². The molecule has 1 aromatic heterocycles. The topological polar surface area (TPSA) is 30.7 Å².